The molecule has 0 spiro atoms. The molecule has 13 heavy (non-hydrogen) atoms. The second kappa shape index (κ2) is 9.54. The molecule has 0 aromatic rings. The van der Waals surface area contributed by atoms with E-state index in [1.54, 1.807) is 0 Å². The van der Waals surface area contributed by atoms with Crippen molar-refractivity contribution in [2.24, 2.45) is 0 Å². The molecule has 0 aliphatic heterocycles. The van der Waals surface area contributed by atoms with E-state index in [0.29, 0.717) is 19.1 Å². The van der Waals surface area contributed by atoms with E-state index in [0.717, 1.165) is 6.42 Å². The van der Waals surface area contributed by atoms with E-state index < -0.39 is 0 Å². The number of hydrogen-bond acceptors (Lipinski definition) is 2. The minimum Gasteiger partial charge on any atom is -0.377 e. The first-order valence-electron chi connectivity index (χ1n) is 5.29. The molecule has 1 unspecified atom stereocenters. The number of nitrogens with zero attached hydrogens (tertiary/aromatic N) is 1. The summed E-state index contributed by atoms with van der Waals surface area (Å²) >= 11 is 0. The molecule has 2 heteroatoms. The van der Waals surface area contributed by atoms with E-state index in [2.05, 4.69) is 19.9 Å². The van der Waals surface area contributed by atoms with Gasteiger partial charge in [-0.25, -0.2) is 0 Å². The Labute approximate surface area is 81.9 Å². The van der Waals surface area contributed by atoms with Crippen molar-refractivity contribution in [1.82, 2.24) is 0 Å². The summed E-state index contributed by atoms with van der Waals surface area (Å²) in [5, 5.41) is 8.30. The van der Waals surface area contributed by atoms with Gasteiger partial charge in [-0.3, -0.25) is 0 Å². The normalized spacial score (nSPS) is 12.4. The third kappa shape index (κ3) is 9.36. The lowest BCUT2D eigenvalue weighted by atomic mass is 10.1. The van der Waals surface area contributed by atoms with Crippen molar-refractivity contribution in [1.29, 1.82) is 5.26 Å². The zero-order chi connectivity index (χ0) is 9.94. The minimum atomic E-state index is 0.324. The molecule has 0 aromatic heterocycles. The van der Waals surface area contributed by atoms with Gasteiger partial charge in [-0.2, -0.15) is 5.26 Å². The lowest BCUT2D eigenvalue weighted by Gasteiger charge is -2.11. The van der Waals surface area contributed by atoms with Gasteiger partial charge in [0, 0.05) is 0 Å². The second-order valence-electron chi connectivity index (χ2n) is 3.44. The summed E-state index contributed by atoms with van der Waals surface area (Å²) in [5.74, 6) is 0. The molecular weight excluding hydrogens is 162 g/mol. The van der Waals surface area contributed by atoms with E-state index in [1.165, 1.54) is 25.7 Å². The van der Waals surface area contributed by atoms with Crippen LogP contribution in [0.3, 0.4) is 0 Å². The molecule has 0 heterocycles. The van der Waals surface area contributed by atoms with Crippen LogP contribution in [0, 0.1) is 11.3 Å². The molecule has 0 saturated carbocycles. The van der Waals surface area contributed by atoms with Gasteiger partial charge in [0.1, 0.15) is 0 Å². The van der Waals surface area contributed by atoms with Gasteiger partial charge in [-0.15, -0.1) is 0 Å². The van der Waals surface area contributed by atoms with Crippen molar-refractivity contribution in [2.75, 3.05) is 6.61 Å². The monoisotopic (exact) mass is 183 g/mol. The predicted octanol–water partition coefficient (Wildman–Crippen LogP) is 3.28. The molecule has 0 amide bonds. The van der Waals surface area contributed by atoms with Crippen LogP contribution in [-0.2, 0) is 4.74 Å². The van der Waals surface area contributed by atoms with E-state index in [-0.39, 0.29) is 0 Å². The Morgan fingerprint density at radius 2 is 2.08 bits per heavy atom. The Hall–Kier alpha value is -0.550. The van der Waals surface area contributed by atoms with Crippen LogP contribution in [0.4, 0.5) is 0 Å². The zero-order valence-electron chi connectivity index (χ0n) is 8.88. The largest absolute Gasteiger partial charge is 0.377 e. The first kappa shape index (κ1) is 12.4. The van der Waals surface area contributed by atoms with Gasteiger partial charge in [0.15, 0.2) is 0 Å². The van der Waals surface area contributed by atoms with Crippen molar-refractivity contribution >= 4 is 0 Å². The molecule has 76 valence electrons. The van der Waals surface area contributed by atoms with Crippen LogP contribution < -0.4 is 0 Å². The van der Waals surface area contributed by atoms with Crippen LogP contribution in [0.2, 0.25) is 0 Å². The summed E-state index contributed by atoms with van der Waals surface area (Å²) < 4.78 is 5.44. The lowest BCUT2D eigenvalue weighted by molar-refractivity contribution is 0.0625. The molecule has 0 aliphatic rings. The third-order valence-corrected chi connectivity index (χ3v) is 2.08. The quantitative estimate of drug-likeness (QED) is 0.541. The fraction of sp³-hybridized carbons (Fsp3) is 0.909. The average Bonchev–Trinajstić information content (AvgIpc) is 2.13. The first-order chi connectivity index (χ1) is 6.31. The number of unbranched alkanes of at least 4 members (excludes halogenated alkanes) is 3. The maximum atomic E-state index is 8.30. The maximum Gasteiger partial charge on any atom is 0.0645 e. The maximum absolute atomic E-state index is 8.30. The van der Waals surface area contributed by atoms with Crippen molar-refractivity contribution in [3.05, 3.63) is 0 Å². The molecule has 2 nitrogen and oxygen atoms in total. The smallest absolute Gasteiger partial charge is 0.0645 e. The lowest BCUT2D eigenvalue weighted by Crippen LogP contribution is -2.08. The molecule has 0 radical (unpaired) electrons. The molecule has 0 aromatic carbocycles. The van der Waals surface area contributed by atoms with Crippen molar-refractivity contribution in [3.63, 3.8) is 0 Å². The van der Waals surface area contributed by atoms with Crippen LogP contribution in [-0.4, -0.2) is 12.7 Å². The van der Waals surface area contributed by atoms with Gasteiger partial charge < -0.3 is 4.74 Å². The highest BCUT2D eigenvalue weighted by molar-refractivity contribution is 4.67. The second-order valence-corrected chi connectivity index (χ2v) is 3.44. The topological polar surface area (TPSA) is 33.0 Å². The van der Waals surface area contributed by atoms with Crippen LogP contribution in [0.25, 0.3) is 0 Å². The Balaban J connectivity index is 3.11. The van der Waals surface area contributed by atoms with E-state index in [9.17, 15) is 0 Å². The third-order valence-electron chi connectivity index (χ3n) is 2.08. The summed E-state index contributed by atoms with van der Waals surface area (Å²) in [7, 11) is 0. The molecule has 0 saturated heterocycles. The highest BCUT2D eigenvalue weighted by Gasteiger charge is 2.00. The van der Waals surface area contributed by atoms with Crippen LogP contribution in [0.5, 0.6) is 0 Å². The Kier molecular flexibility index (Phi) is 9.13. The summed E-state index contributed by atoms with van der Waals surface area (Å²) in [6.07, 6.45) is 7.13. The molecule has 0 N–H and O–H groups in total. The van der Waals surface area contributed by atoms with Gasteiger partial charge in [0.2, 0.25) is 0 Å². The van der Waals surface area contributed by atoms with E-state index in [4.69, 9.17) is 10.00 Å². The Morgan fingerprint density at radius 1 is 1.31 bits per heavy atom. The summed E-state index contributed by atoms with van der Waals surface area (Å²) in [4.78, 5) is 0. The van der Waals surface area contributed by atoms with Gasteiger partial charge in [0.25, 0.3) is 0 Å². The Bertz CT molecular complexity index is 140. The zero-order valence-corrected chi connectivity index (χ0v) is 8.88. The number of ether oxygens (including phenoxy) is 1. The van der Waals surface area contributed by atoms with Gasteiger partial charge in [-0.05, 0) is 13.3 Å². The summed E-state index contributed by atoms with van der Waals surface area (Å²) in [6, 6.07) is 2.07. The predicted molar refractivity (Wildman–Crippen MR) is 54.4 cm³/mol. The molecule has 0 rings (SSSR count). The van der Waals surface area contributed by atoms with E-state index >= 15 is 0 Å². The highest BCUT2D eigenvalue weighted by Crippen LogP contribution is 2.07. The highest BCUT2D eigenvalue weighted by atomic mass is 16.5. The molecule has 1 atom stereocenters. The summed E-state index contributed by atoms with van der Waals surface area (Å²) in [6.45, 7) is 4.89. The molecule has 0 aliphatic carbocycles. The van der Waals surface area contributed by atoms with Gasteiger partial charge in [-0.1, -0.05) is 32.6 Å². The summed E-state index contributed by atoms with van der Waals surface area (Å²) in [5.41, 5.74) is 0. The fourth-order valence-corrected chi connectivity index (χ4v) is 1.25. The molecule has 0 bridgehead atoms. The number of hydrogen-bond donors (Lipinski definition) is 0. The first-order valence-corrected chi connectivity index (χ1v) is 5.29. The standard InChI is InChI=1S/C11H21NO/c1-3-4-5-6-8-11(2)13-10-7-9-12/h11H,3-8,10H2,1-2H3. The average molecular weight is 183 g/mol. The number of rotatable bonds is 8. The van der Waals surface area contributed by atoms with Crippen molar-refractivity contribution < 1.29 is 4.74 Å². The molecular formula is C11H21NO. The van der Waals surface area contributed by atoms with Crippen molar-refractivity contribution in [2.45, 2.75) is 58.5 Å². The number of nitriles is 1. The fourth-order valence-electron chi connectivity index (χ4n) is 1.25. The molecule has 0 fully saturated rings. The van der Waals surface area contributed by atoms with E-state index in [1.807, 2.05) is 0 Å². The van der Waals surface area contributed by atoms with Crippen molar-refractivity contribution in [3.8, 4) is 6.07 Å². The minimum absolute atomic E-state index is 0.324. The van der Waals surface area contributed by atoms with Gasteiger partial charge >= 0.3 is 0 Å². The SMILES string of the molecule is CCCCCCC(C)OCCC#N. The van der Waals surface area contributed by atoms with Crippen LogP contribution in [0.15, 0.2) is 0 Å². The van der Waals surface area contributed by atoms with Crippen LogP contribution in [0.1, 0.15) is 52.4 Å². The van der Waals surface area contributed by atoms with Crippen LogP contribution >= 0.6 is 0 Å². The Morgan fingerprint density at radius 3 is 2.69 bits per heavy atom. The van der Waals surface area contributed by atoms with Gasteiger partial charge in [0.05, 0.1) is 25.2 Å².